The molecule has 3 heterocycles. The first kappa shape index (κ1) is 17.4. The van der Waals surface area contributed by atoms with Gasteiger partial charge in [0.1, 0.15) is 0 Å². The topological polar surface area (TPSA) is 49.3 Å². The molecular weight excluding hydrogens is 388 g/mol. The number of carbonyl (C=O) groups is 1. The van der Waals surface area contributed by atoms with Crippen LogP contribution < -0.4 is 4.90 Å². The zero-order chi connectivity index (χ0) is 18.7. The first-order valence-corrected chi connectivity index (χ1v) is 12.3. The van der Waals surface area contributed by atoms with Crippen LogP contribution in [-0.2, 0) is 4.79 Å². The zero-order valence-electron chi connectivity index (χ0n) is 16.0. The summed E-state index contributed by atoms with van der Waals surface area (Å²) in [5.41, 5.74) is -0.00794. The Morgan fingerprint density at radius 2 is 1.68 bits per heavy atom. The number of piperazine rings is 1. The largest absolute Gasteiger partial charge is 0.343 e. The molecule has 148 valence electrons. The number of carbonyl (C=O) groups excluding carboxylic acids is 1. The van der Waals surface area contributed by atoms with E-state index in [9.17, 15) is 4.79 Å². The molecule has 1 amide bonds. The smallest absolute Gasteiger partial charge is 0.228 e. The summed E-state index contributed by atoms with van der Waals surface area (Å²) in [5.74, 6) is 2.96. The molecule has 0 radical (unpaired) electrons. The van der Waals surface area contributed by atoms with Gasteiger partial charge in [-0.05, 0) is 67.7 Å². The van der Waals surface area contributed by atoms with Crippen LogP contribution in [-0.4, -0.2) is 47.2 Å². The van der Waals surface area contributed by atoms with Crippen molar-refractivity contribution in [3.8, 4) is 9.88 Å². The maximum Gasteiger partial charge on any atom is 0.228 e. The van der Waals surface area contributed by atoms with Crippen molar-refractivity contribution in [1.82, 2.24) is 15.1 Å². The van der Waals surface area contributed by atoms with E-state index in [4.69, 9.17) is 0 Å². The Morgan fingerprint density at radius 1 is 1.00 bits per heavy atom. The lowest BCUT2D eigenvalue weighted by molar-refractivity contribution is -0.158. The Labute approximate surface area is 173 Å². The maximum absolute atomic E-state index is 13.5. The Balaban J connectivity index is 1.13. The molecule has 5 aliphatic rings. The van der Waals surface area contributed by atoms with Crippen LogP contribution >= 0.6 is 22.7 Å². The minimum atomic E-state index is -0.00794. The lowest BCUT2D eigenvalue weighted by atomic mass is 9.49. The van der Waals surface area contributed by atoms with Crippen LogP contribution in [0, 0.1) is 23.2 Å². The third-order valence-corrected chi connectivity index (χ3v) is 9.50. The van der Waals surface area contributed by atoms with Gasteiger partial charge in [0.15, 0.2) is 5.01 Å². The average molecular weight is 415 g/mol. The monoisotopic (exact) mass is 414 g/mol. The molecule has 0 N–H and O–H groups in total. The van der Waals surface area contributed by atoms with Gasteiger partial charge in [-0.1, -0.05) is 17.4 Å². The zero-order valence-corrected chi connectivity index (χ0v) is 17.7. The molecule has 28 heavy (non-hydrogen) atoms. The van der Waals surface area contributed by atoms with Gasteiger partial charge in [-0.3, -0.25) is 4.79 Å². The fourth-order valence-electron chi connectivity index (χ4n) is 6.65. The lowest BCUT2D eigenvalue weighted by Crippen LogP contribution is -2.58. The summed E-state index contributed by atoms with van der Waals surface area (Å²) in [6, 6.07) is 4.15. The highest BCUT2D eigenvalue weighted by Crippen LogP contribution is 2.60. The van der Waals surface area contributed by atoms with Crippen LogP contribution in [0.3, 0.4) is 0 Å². The standard InChI is InChI=1S/C21H26N4OS2/c26-19(21-11-14-8-15(12-21)10-16(9-14)13-21)24-3-5-25(6-4-24)20-23-22-18(28-20)17-2-1-7-27-17/h1-2,7,14-16H,3-6,8-13H2. The number of nitrogens with zero attached hydrogens (tertiary/aromatic N) is 4. The highest BCUT2D eigenvalue weighted by molar-refractivity contribution is 7.22. The first-order valence-electron chi connectivity index (χ1n) is 10.6. The van der Waals surface area contributed by atoms with Crippen molar-refractivity contribution < 1.29 is 4.79 Å². The van der Waals surface area contributed by atoms with Gasteiger partial charge in [0, 0.05) is 26.2 Å². The van der Waals surface area contributed by atoms with E-state index in [-0.39, 0.29) is 5.41 Å². The third-order valence-electron chi connectivity index (χ3n) is 7.48. The van der Waals surface area contributed by atoms with E-state index in [0.717, 1.165) is 54.1 Å². The normalized spacial score (nSPS) is 34.2. The van der Waals surface area contributed by atoms with Crippen LogP contribution in [0.1, 0.15) is 38.5 Å². The summed E-state index contributed by atoms with van der Waals surface area (Å²) in [5, 5.41) is 12.9. The number of rotatable bonds is 3. The van der Waals surface area contributed by atoms with E-state index in [2.05, 4.69) is 37.5 Å². The fourth-order valence-corrected chi connectivity index (χ4v) is 8.34. The van der Waals surface area contributed by atoms with Gasteiger partial charge >= 0.3 is 0 Å². The number of amides is 1. The second-order valence-electron chi connectivity index (χ2n) is 9.34. The van der Waals surface area contributed by atoms with Crippen molar-refractivity contribution in [2.75, 3.05) is 31.1 Å². The van der Waals surface area contributed by atoms with E-state index in [1.165, 1.54) is 43.4 Å². The van der Waals surface area contributed by atoms with Crippen molar-refractivity contribution in [3.05, 3.63) is 17.5 Å². The van der Waals surface area contributed by atoms with Crippen LogP contribution in [0.5, 0.6) is 0 Å². The van der Waals surface area contributed by atoms with Crippen LogP contribution in [0.25, 0.3) is 9.88 Å². The molecule has 5 fully saturated rings. The number of anilines is 1. The Hall–Kier alpha value is -1.47. The summed E-state index contributed by atoms with van der Waals surface area (Å²) in [7, 11) is 0. The minimum Gasteiger partial charge on any atom is -0.343 e. The van der Waals surface area contributed by atoms with E-state index in [1.807, 2.05) is 0 Å². The van der Waals surface area contributed by atoms with Crippen molar-refractivity contribution in [2.24, 2.45) is 23.2 Å². The summed E-state index contributed by atoms with van der Waals surface area (Å²) < 4.78 is 0. The van der Waals surface area contributed by atoms with Gasteiger partial charge in [0.05, 0.1) is 10.3 Å². The molecule has 2 aromatic heterocycles. The number of aromatic nitrogens is 2. The molecule has 0 spiro atoms. The van der Waals surface area contributed by atoms with Crippen molar-refractivity contribution >= 4 is 33.7 Å². The van der Waals surface area contributed by atoms with Gasteiger partial charge in [-0.2, -0.15) is 0 Å². The highest BCUT2D eigenvalue weighted by atomic mass is 32.1. The molecule has 0 aromatic carbocycles. The summed E-state index contributed by atoms with van der Waals surface area (Å²) in [6.07, 6.45) is 7.67. The summed E-state index contributed by atoms with van der Waals surface area (Å²) in [6.45, 7) is 3.40. The van der Waals surface area contributed by atoms with Gasteiger partial charge < -0.3 is 9.80 Å². The van der Waals surface area contributed by atoms with Crippen LogP contribution in [0.4, 0.5) is 5.13 Å². The summed E-state index contributed by atoms with van der Waals surface area (Å²) in [4.78, 5) is 19.2. The van der Waals surface area contributed by atoms with E-state index >= 15 is 0 Å². The molecule has 4 saturated carbocycles. The van der Waals surface area contributed by atoms with Gasteiger partial charge in [0.2, 0.25) is 11.0 Å². The van der Waals surface area contributed by atoms with E-state index in [1.54, 1.807) is 22.7 Å². The predicted octanol–water partition coefficient (Wildman–Crippen LogP) is 4.13. The SMILES string of the molecule is O=C(N1CCN(c2nnc(-c3cccs3)s2)CC1)C12CC3CC(CC(C3)C1)C2. The molecule has 1 aliphatic heterocycles. The van der Waals surface area contributed by atoms with Gasteiger partial charge in [0.25, 0.3) is 0 Å². The lowest BCUT2D eigenvalue weighted by Gasteiger charge is -2.57. The maximum atomic E-state index is 13.5. The highest BCUT2D eigenvalue weighted by Gasteiger charge is 2.55. The Bertz CT molecular complexity index is 834. The molecule has 5 nitrogen and oxygen atoms in total. The molecule has 7 heteroatoms. The van der Waals surface area contributed by atoms with Crippen molar-refractivity contribution in [3.63, 3.8) is 0 Å². The van der Waals surface area contributed by atoms with Crippen LogP contribution in [0.2, 0.25) is 0 Å². The molecule has 4 bridgehead atoms. The van der Waals surface area contributed by atoms with Crippen molar-refractivity contribution in [1.29, 1.82) is 0 Å². The molecule has 0 unspecified atom stereocenters. The molecular formula is C21H26N4OS2. The fraction of sp³-hybridized carbons (Fsp3) is 0.667. The van der Waals surface area contributed by atoms with E-state index in [0.29, 0.717) is 5.91 Å². The molecule has 0 atom stereocenters. The Kier molecular flexibility index (Phi) is 4.05. The average Bonchev–Trinajstić information content (AvgIpc) is 3.38. The molecule has 1 saturated heterocycles. The van der Waals surface area contributed by atoms with Crippen LogP contribution in [0.15, 0.2) is 17.5 Å². The van der Waals surface area contributed by atoms with Crippen molar-refractivity contribution in [2.45, 2.75) is 38.5 Å². The summed E-state index contributed by atoms with van der Waals surface area (Å²) >= 11 is 3.37. The third kappa shape index (κ3) is 2.81. The second-order valence-corrected chi connectivity index (χ2v) is 11.2. The first-order chi connectivity index (χ1) is 13.7. The second kappa shape index (κ2) is 6.52. The Morgan fingerprint density at radius 3 is 2.29 bits per heavy atom. The number of thiophene rings is 1. The number of hydrogen-bond donors (Lipinski definition) is 0. The molecule has 4 aliphatic carbocycles. The minimum absolute atomic E-state index is 0.00794. The van der Waals surface area contributed by atoms with Gasteiger partial charge in [-0.25, -0.2) is 0 Å². The molecule has 2 aromatic rings. The predicted molar refractivity (Wildman–Crippen MR) is 113 cm³/mol. The molecule has 7 rings (SSSR count). The quantitative estimate of drug-likeness (QED) is 0.758. The van der Waals surface area contributed by atoms with E-state index < -0.39 is 0 Å². The number of hydrogen-bond acceptors (Lipinski definition) is 6. The van der Waals surface area contributed by atoms with Gasteiger partial charge in [-0.15, -0.1) is 21.5 Å².